The zero-order valence-corrected chi connectivity index (χ0v) is 10.5. The van der Waals surface area contributed by atoms with Crippen LogP contribution in [-0.2, 0) is 0 Å². The Bertz CT molecular complexity index is 472. The fourth-order valence-electron chi connectivity index (χ4n) is 1.42. The molecular formula is C11H14N4OS. The molecule has 0 aliphatic rings. The van der Waals surface area contributed by atoms with E-state index < -0.39 is 0 Å². The molecule has 2 aromatic rings. The molecular weight excluding hydrogens is 236 g/mol. The maximum Gasteiger partial charge on any atom is 0.138 e. The minimum Gasteiger partial charge on any atom is -0.489 e. The number of hydrogen-bond donors (Lipinski definition) is 1. The maximum atomic E-state index is 6.07. The SMILES string of the molecule is CC(C)Oc1cncc(C(N)c2csnn2)c1. The molecule has 0 amide bonds. The molecule has 2 aromatic heterocycles. The molecule has 0 aliphatic heterocycles. The lowest BCUT2D eigenvalue weighted by molar-refractivity contribution is 0.241. The molecule has 0 saturated carbocycles. The van der Waals surface area contributed by atoms with Gasteiger partial charge in [0.25, 0.3) is 0 Å². The van der Waals surface area contributed by atoms with Crippen molar-refractivity contribution in [1.29, 1.82) is 0 Å². The van der Waals surface area contributed by atoms with Gasteiger partial charge in [-0.1, -0.05) is 4.49 Å². The molecule has 6 heteroatoms. The largest absolute Gasteiger partial charge is 0.489 e. The van der Waals surface area contributed by atoms with Crippen molar-refractivity contribution in [3.63, 3.8) is 0 Å². The van der Waals surface area contributed by atoms with E-state index in [1.165, 1.54) is 11.5 Å². The smallest absolute Gasteiger partial charge is 0.138 e. The lowest BCUT2D eigenvalue weighted by atomic mass is 10.1. The second kappa shape index (κ2) is 5.20. The van der Waals surface area contributed by atoms with Crippen molar-refractivity contribution >= 4 is 11.5 Å². The molecule has 2 heterocycles. The number of nitrogens with two attached hydrogens (primary N) is 1. The third-order valence-electron chi connectivity index (χ3n) is 2.16. The average Bonchev–Trinajstić information content (AvgIpc) is 2.81. The van der Waals surface area contributed by atoms with Gasteiger partial charge in [0.2, 0.25) is 0 Å². The van der Waals surface area contributed by atoms with Gasteiger partial charge in [-0.3, -0.25) is 4.98 Å². The van der Waals surface area contributed by atoms with Crippen LogP contribution in [0, 0.1) is 0 Å². The highest BCUT2D eigenvalue weighted by molar-refractivity contribution is 7.03. The van der Waals surface area contributed by atoms with Crippen molar-refractivity contribution in [1.82, 2.24) is 14.6 Å². The Morgan fingerprint density at radius 3 is 2.82 bits per heavy atom. The number of hydrogen-bond acceptors (Lipinski definition) is 6. The predicted molar refractivity (Wildman–Crippen MR) is 65.9 cm³/mol. The fraction of sp³-hybridized carbons (Fsp3) is 0.364. The summed E-state index contributed by atoms with van der Waals surface area (Å²) in [5.41, 5.74) is 7.69. The quantitative estimate of drug-likeness (QED) is 0.895. The number of pyridine rings is 1. The zero-order valence-electron chi connectivity index (χ0n) is 9.70. The van der Waals surface area contributed by atoms with Gasteiger partial charge in [-0.05, 0) is 37.0 Å². The van der Waals surface area contributed by atoms with Crippen LogP contribution in [0.15, 0.2) is 23.8 Å². The van der Waals surface area contributed by atoms with E-state index in [2.05, 4.69) is 14.6 Å². The summed E-state index contributed by atoms with van der Waals surface area (Å²) in [6.07, 6.45) is 3.51. The number of aromatic nitrogens is 3. The van der Waals surface area contributed by atoms with Crippen molar-refractivity contribution in [2.45, 2.75) is 26.0 Å². The second-order valence-electron chi connectivity index (χ2n) is 3.93. The molecule has 5 nitrogen and oxygen atoms in total. The third-order valence-corrected chi connectivity index (χ3v) is 2.68. The third kappa shape index (κ3) is 2.98. The summed E-state index contributed by atoms with van der Waals surface area (Å²) < 4.78 is 9.37. The Kier molecular flexibility index (Phi) is 3.65. The van der Waals surface area contributed by atoms with E-state index in [1.807, 2.05) is 25.3 Å². The molecule has 2 N–H and O–H groups in total. The number of ether oxygens (including phenoxy) is 1. The Hall–Kier alpha value is -1.53. The van der Waals surface area contributed by atoms with Crippen molar-refractivity contribution in [3.8, 4) is 5.75 Å². The highest BCUT2D eigenvalue weighted by atomic mass is 32.1. The Balaban J connectivity index is 2.21. The molecule has 0 spiro atoms. The van der Waals surface area contributed by atoms with Gasteiger partial charge in [0.15, 0.2) is 0 Å². The molecule has 1 atom stereocenters. The Morgan fingerprint density at radius 2 is 2.18 bits per heavy atom. The van der Waals surface area contributed by atoms with Crippen LogP contribution in [0.25, 0.3) is 0 Å². The highest BCUT2D eigenvalue weighted by Crippen LogP contribution is 2.21. The first-order valence-electron chi connectivity index (χ1n) is 5.31. The molecule has 2 rings (SSSR count). The fourth-order valence-corrected chi connectivity index (χ4v) is 1.91. The first kappa shape index (κ1) is 11.9. The van der Waals surface area contributed by atoms with E-state index in [9.17, 15) is 0 Å². The van der Waals surface area contributed by atoms with Gasteiger partial charge in [0.05, 0.1) is 24.0 Å². The van der Waals surface area contributed by atoms with E-state index in [0.717, 1.165) is 17.0 Å². The number of rotatable bonds is 4. The topological polar surface area (TPSA) is 73.9 Å². The highest BCUT2D eigenvalue weighted by Gasteiger charge is 2.13. The van der Waals surface area contributed by atoms with E-state index >= 15 is 0 Å². The zero-order chi connectivity index (χ0) is 12.3. The van der Waals surface area contributed by atoms with Gasteiger partial charge in [-0.25, -0.2) is 0 Å². The van der Waals surface area contributed by atoms with Crippen LogP contribution in [0.5, 0.6) is 5.75 Å². The predicted octanol–water partition coefficient (Wildman–Crippen LogP) is 1.77. The molecule has 0 radical (unpaired) electrons. The summed E-state index contributed by atoms with van der Waals surface area (Å²) in [5.74, 6) is 0.719. The van der Waals surface area contributed by atoms with Crippen LogP contribution in [0.4, 0.5) is 0 Å². The summed E-state index contributed by atoms with van der Waals surface area (Å²) in [6, 6.07) is 1.58. The Labute approximate surface area is 104 Å². The second-order valence-corrected chi connectivity index (χ2v) is 4.54. The lowest BCUT2D eigenvalue weighted by Crippen LogP contribution is -2.13. The lowest BCUT2D eigenvalue weighted by Gasteiger charge is -2.12. The summed E-state index contributed by atoms with van der Waals surface area (Å²) in [4.78, 5) is 4.12. The molecule has 0 aliphatic carbocycles. The Morgan fingerprint density at radius 1 is 1.35 bits per heavy atom. The minimum absolute atomic E-state index is 0.115. The summed E-state index contributed by atoms with van der Waals surface area (Å²) in [6.45, 7) is 3.94. The summed E-state index contributed by atoms with van der Waals surface area (Å²) in [7, 11) is 0. The first-order chi connectivity index (χ1) is 8.16. The van der Waals surface area contributed by atoms with Crippen molar-refractivity contribution < 1.29 is 4.74 Å². The molecule has 0 bridgehead atoms. The monoisotopic (exact) mass is 250 g/mol. The normalized spacial score (nSPS) is 12.7. The van der Waals surface area contributed by atoms with Gasteiger partial charge in [0.1, 0.15) is 5.75 Å². The van der Waals surface area contributed by atoms with Crippen molar-refractivity contribution in [3.05, 3.63) is 35.1 Å². The molecule has 90 valence electrons. The molecule has 0 aromatic carbocycles. The van der Waals surface area contributed by atoms with Crippen LogP contribution in [0.3, 0.4) is 0 Å². The van der Waals surface area contributed by atoms with E-state index in [1.54, 1.807) is 12.4 Å². The van der Waals surface area contributed by atoms with Crippen LogP contribution >= 0.6 is 11.5 Å². The summed E-state index contributed by atoms with van der Waals surface area (Å²) in [5, 5.41) is 5.79. The van der Waals surface area contributed by atoms with Gasteiger partial charge in [-0.15, -0.1) is 5.10 Å². The maximum absolute atomic E-state index is 6.07. The molecule has 0 fully saturated rings. The van der Waals surface area contributed by atoms with Crippen LogP contribution in [0.2, 0.25) is 0 Å². The van der Waals surface area contributed by atoms with Gasteiger partial charge in [-0.2, -0.15) is 0 Å². The first-order valence-corrected chi connectivity index (χ1v) is 6.14. The molecule has 1 unspecified atom stereocenters. The van der Waals surface area contributed by atoms with E-state index in [4.69, 9.17) is 10.5 Å². The van der Waals surface area contributed by atoms with Crippen LogP contribution in [-0.4, -0.2) is 20.7 Å². The van der Waals surface area contributed by atoms with Gasteiger partial charge < -0.3 is 10.5 Å². The molecule has 17 heavy (non-hydrogen) atoms. The molecule has 0 saturated heterocycles. The van der Waals surface area contributed by atoms with Gasteiger partial charge >= 0.3 is 0 Å². The van der Waals surface area contributed by atoms with Gasteiger partial charge in [0, 0.05) is 11.6 Å². The number of nitrogens with zero attached hydrogens (tertiary/aromatic N) is 3. The van der Waals surface area contributed by atoms with Crippen molar-refractivity contribution in [2.24, 2.45) is 5.73 Å². The average molecular weight is 250 g/mol. The van der Waals surface area contributed by atoms with E-state index in [-0.39, 0.29) is 12.1 Å². The minimum atomic E-state index is -0.308. The summed E-state index contributed by atoms with van der Waals surface area (Å²) >= 11 is 1.28. The van der Waals surface area contributed by atoms with E-state index in [0.29, 0.717) is 0 Å². The van der Waals surface area contributed by atoms with Crippen molar-refractivity contribution in [2.75, 3.05) is 0 Å². The standard InChI is InChI=1S/C11H14N4OS/c1-7(2)16-9-3-8(4-13-5-9)11(12)10-6-17-15-14-10/h3-7,11H,12H2,1-2H3. The van der Waals surface area contributed by atoms with Crippen LogP contribution < -0.4 is 10.5 Å². The van der Waals surface area contributed by atoms with Crippen LogP contribution in [0.1, 0.15) is 31.1 Å².